The van der Waals surface area contributed by atoms with E-state index in [0.29, 0.717) is 24.7 Å². The third-order valence-electron chi connectivity index (χ3n) is 3.91. The van der Waals surface area contributed by atoms with Gasteiger partial charge in [0, 0.05) is 18.9 Å². The van der Waals surface area contributed by atoms with Gasteiger partial charge in [0.2, 0.25) is 0 Å². The van der Waals surface area contributed by atoms with E-state index in [1.54, 1.807) is 18.2 Å². The number of aromatic hydroxyl groups is 1. The lowest BCUT2D eigenvalue weighted by atomic mass is 10.2. The van der Waals surface area contributed by atoms with Gasteiger partial charge in [-0.15, -0.1) is 0 Å². The van der Waals surface area contributed by atoms with E-state index in [1.165, 1.54) is 11.1 Å². The Morgan fingerprint density at radius 2 is 1.12 bits per heavy atom. The molecule has 0 aliphatic heterocycles. The molecule has 0 fully saturated rings. The lowest BCUT2D eigenvalue weighted by molar-refractivity contribution is 0.270. The summed E-state index contributed by atoms with van der Waals surface area (Å²) in [7, 11) is 0. The van der Waals surface area contributed by atoms with Gasteiger partial charge in [-0.25, -0.2) is 0 Å². The summed E-state index contributed by atoms with van der Waals surface area (Å²) in [6.45, 7) is 1.09. The second-order valence-corrected chi connectivity index (χ2v) is 5.80. The third-order valence-corrected chi connectivity index (χ3v) is 3.91. The molecule has 0 radical (unpaired) electrons. The van der Waals surface area contributed by atoms with E-state index in [0.717, 1.165) is 12.8 Å². The predicted molar refractivity (Wildman–Crippen MR) is 99.4 cm³/mol. The molecule has 0 atom stereocenters. The van der Waals surface area contributed by atoms with Crippen molar-refractivity contribution in [3.63, 3.8) is 0 Å². The molecule has 0 saturated carbocycles. The number of ether oxygens (including phenoxy) is 2. The molecule has 3 rings (SSSR count). The van der Waals surface area contributed by atoms with Gasteiger partial charge in [-0.2, -0.15) is 0 Å². The first-order valence-electron chi connectivity index (χ1n) is 8.48. The van der Waals surface area contributed by atoms with Gasteiger partial charge in [-0.1, -0.05) is 60.7 Å². The standard InChI is InChI=1S/C22H22O3/c23-20-11-12-21(24-15-13-18-7-3-1-4-8-18)22(17-20)25-16-14-19-9-5-2-6-10-19/h1-12,17,23H,13-16H2. The second-order valence-electron chi connectivity index (χ2n) is 5.80. The van der Waals surface area contributed by atoms with Crippen molar-refractivity contribution in [3.05, 3.63) is 90.0 Å². The molecule has 0 spiro atoms. The summed E-state index contributed by atoms with van der Waals surface area (Å²) in [4.78, 5) is 0. The molecular formula is C22H22O3. The van der Waals surface area contributed by atoms with E-state index in [4.69, 9.17) is 9.47 Å². The maximum Gasteiger partial charge on any atom is 0.164 e. The zero-order valence-electron chi connectivity index (χ0n) is 14.1. The van der Waals surface area contributed by atoms with Crippen LogP contribution in [-0.2, 0) is 12.8 Å². The molecule has 0 aliphatic rings. The van der Waals surface area contributed by atoms with Crippen molar-refractivity contribution < 1.29 is 14.6 Å². The molecule has 0 aliphatic carbocycles. The molecule has 3 aromatic rings. The maximum absolute atomic E-state index is 9.72. The molecule has 3 nitrogen and oxygen atoms in total. The van der Waals surface area contributed by atoms with Gasteiger partial charge in [0.05, 0.1) is 13.2 Å². The summed E-state index contributed by atoms with van der Waals surface area (Å²) in [6.07, 6.45) is 1.63. The van der Waals surface area contributed by atoms with Crippen LogP contribution in [0.4, 0.5) is 0 Å². The van der Waals surface area contributed by atoms with Gasteiger partial charge in [0.1, 0.15) is 5.75 Å². The van der Waals surface area contributed by atoms with E-state index in [2.05, 4.69) is 24.3 Å². The smallest absolute Gasteiger partial charge is 0.164 e. The highest BCUT2D eigenvalue weighted by atomic mass is 16.5. The second kappa shape index (κ2) is 8.78. The highest BCUT2D eigenvalue weighted by Crippen LogP contribution is 2.31. The third kappa shape index (κ3) is 5.28. The Kier molecular flexibility index (Phi) is 5.94. The average Bonchev–Trinajstić information content (AvgIpc) is 2.65. The topological polar surface area (TPSA) is 38.7 Å². The van der Waals surface area contributed by atoms with Gasteiger partial charge >= 0.3 is 0 Å². The van der Waals surface area contributed by atoms with Crippen molar-refractivity contribution in [1.82, 2.24) is 0 Å². The van der Waals surface area contributed by atoms with Crippen LogP contribution < -0.4 is 9.47 Å². The van der Waals surface area contributed by atoms with Crippen LogP contribution >= 0.6 is 0 Å². The summed E-state index contributed by atoms with van der Waals surface area (Å²) < 4.78 is 11.7. The molecule has 0 aromatic heterocycles. The van der Waals surface area contributed by atoms with Crippen LogP contribution in [0.15, 0.2) is 78.9 Å². The highest BCUT2D eigenvalue weighted by Gasteiger charge is 2.07. The first-order chi connectivity index (χ1) is 12.3. The lowest BCUT2D eigenvalue weighted by Gasteiger charge is -2.13. The van der Waals surface area contributed by atoms with E-state index in [1.807, 2.05) is 36.4 Å². The van der Waals surface area contributed by atoms with Gasteiger partial charge in [-0.3, -0.25) is 0 Å². The Morgan fingerprint density at radius 1 is 0.600 bits per heavy atom. The Balaban J connectivity index is 1.56. The van der Waals surface area contributed by atoms with Gasteiger partial charge in [0.25, 0.3) is 0 Å². The van der Waals surface area contributed by atoms with Crippen LogP contribution in [-0.4, -0.2) is 18.3 Å². The van der Waals surface area contributed by atoms with Crippen LogP contribution in [0.1, 0.15) is 11.1 Å². The molecule has 1 N–H and O–H groups in total. The largest absolute Gasteiger partial charge is 0.508 e. The molecule has 0 bridgehead atoms. The monoisotopic (exact) mass is 334 g/mol. The quantitative estimate of drug-likeness (QED) is 0.652. The predicted octanol–water partition coefficient (Wildman–Crippen LogP) is 4.64. The molecule has 0 unspecified atom stereocenters. The number of benzene rings is 3. The normalized spacial score (nSPS) is 10.4. The van der Waals surface area contributed by atoms with Crippen molar-refractivity contribution in [2.24, 2.45) is 0 Å². The SMILES string of the molecule is Oc1ccc(OCCc2ccccc2)c(OCCc2ccccc2)c1. The van der Waals surface area contributed by atoms with Crippen molar-refractivity contribution >= 4 is 0 Å². The Bertz CT molecular complexity index is 770. The first-order valence-corrected chi connectivity index (χ1v) is 8.48. The van der Waals surface area contributed by atoms with E-state index in [-0.39, 0.29) is 5.75 Å². The summed E-state index contributed by atoms with van der Waals surface area (Å²) in [5, 5.41) is 9.72. The van der Waals surface area contributed by atoms with E-state index in [9.17, 15) is 5.11 Å². The fraction of sp³-hybridized carbons (Fsp3) is 0.182. The lowest BCUT2D eigenvalue weighted by Crippen LogP contribution is -2.05. The molecule has 3 aromatic carbocycles. The maximum atomic E-state index is 9.72. The minimum Gasteiger partial charge on any atom is -0.508 e. The number of rotatable bonds is 8. The summed E-state index contributed by atoms with van der Waals surface area (Å²) in [6, 6.07) is 25.3. The molecule has 0 saturated heterocycles. The zero-order chi connectivity index (χ0) is 17.3. The minimum atomic E-state index is 0.171. The zero-order valence-corrected chi connectivity index (χ0v) is 14.1. The van der Waals surface area contributed by atoms with Crippen LogP contribution in [0.2, 0.25) is 0 Å². The molecule has 0 amide bonds. The number of phenolic OH excluding ortho intramolecular Hbond substituents is 1. The fourth-order valence-electron chi connectivity index (χ4n) is 2.58. The number of hydrogen-bond acceptors (Lipinski definition) is 3. The number of phenols is 1. The fourth-order valence-corrected chi connectivity index (χ4v) is 2.58. The molecule has 128 valence electrons. The molecule has 25 heavy (non-hydrogen) atoms. The number of hydrogen-bond donors (Lipinski definition) is 1. The van der Waals surface area contributed by atoms with Crippen LogP contribution in [0.5, 0.6) is 17.2 Å². The summed E-state index contributed by atoms with van der Waals surface area (Å²) in [5.74, 6) is 1.40. The minimum absolute atomic E-state index is 0.171. The van der Waals surface area contributed by atoms with Crippen LogP contribution in [0, 0.1) is 0 Å². The average molecular weight is 334 g/mol. The highest BCUT2D eigenvalue weighted by molar-refractivity contribution is 5.45. The van der Waals surface area contributed by atoms with Gasteiger partial charge < -0.3 is 14.6 Å². The van der Waals surface area contributed by atoms with Crippen molar-refractivity contribution in [3.8, 4) is 17.2 Å². The Morgan fingerprint density at radius 3 is 1.68 bits per heavy atom. The van der Waals surface area contributed by atoms with Crippen LogP contribution in [0.25, 0.3) is 0 Å². The Hall–Kier alpha value is -2.94. The summed E-state index contributed by atoms with van der Waals surface area (Å²) in [5.41, 5.74) is 2.45. The first kappa shape index (κ1) is 16.9. The van der Waals surface area contributed by atoms with Crippen LogP contribution in [0.3, 0.4) is 0 Å². The van der Waals surface area contributed by atoms with Crippen molar-refractivity contribution in [2.45, 2.75) is 12.8 Å². The van der Waals surface area contributed by atoms with Gasteiger partial charge in [-0.05, 0) is 23.3 Å². The van der Waals surface area contributed by atoms with Crippen molar-refractivity contribution in [1.29, 1.82) is 0 Å². The Labute approximate surface area is 148 Å². The summed E-state index contributed by atoms with van der Waals surface area (Å²) >= 11 is 0. The molecule has 3 heteroatoms. The van der Waals surface area contributed by atoms with E-state index < -0.39 is 0 Å². The molecule has 0 heterocycles. The van der Waals surface area contributed by atoms with E-state index >= 15 is 0 Å². The van der Waals surface area contributed by atoms with Gasteiger partial charge in [0.15, 0.2) is 11.5 Å². The molecular weight excluding hydrogens is 312 g/mol. The van der Waals surface area contributed by atoms with Crippen molar-refractivity contribution in [2.75, 3.05) is 13.2 Å².